The number of hydrogen-bond donors (Lipinski definition) is 1. The van der Waals surface area contributed by atoms with Crippen LogP contribution in [-0.4, -0.2) is 5.71 Å². The standard InChI is InChI=1S/C18H13ClN2O2/c19-14-7-3-2-6-12(14)15-10-16(21-20-15)13-9-11-5-1-4-8-17(11)23-18(13)22/h1-9,15,20H,10H2/t15-/m1/s1. The van der Waals surface area contributed by atoms with Crippen LogP contribution in [0.4, 0.5) is 0 Å². The molecule has 0 saturated carbocycles. The number of nitrogens with zero attached hydrogens (tertiary/aromatic N) is 1. The van der Waals surface area contributed by atoms with Gasteiger partial charge in [0.15, 0.2) is 0 Å². The maximum absolute atomic E-state index is 12.2. The van der Waals surface area contributed by atoms with Crippen molar-refractivity contribution in [2.45, 2.75) is 12.5 Å². The first-order valence-electron chi connectivity index (χ1n) is 7.32. The highest BCUT2D eigenvalue weighted by Crippen LogP contribution is 2.29. The summed E-state index contributed by atoms with van der Waals surface area (Å²) in [5, 5.41) is 5.89. The van der Waals surface area contributed by atoms with Gasteiger partial charge < -0.3 is 9.84 Å². The Labute approximate surface area is 137 Å². The molecule has 23 heavy (non-hydrogen) atoms. The molecular weight excluding hydrogens is 312 g/mol. The van der Waals surface area contributed by atoms with Crippen LogP contribution in [-0.2, 0) is 0 Å². The van der Waals surface area contributed by atoms with E-state index < -0.39 is 0 Å². The molecule has 3 aromatic rings. The normalized spacial score (nSPS) is 17.1. The summed E-state index contributed by atoms with van der Waals surface area (Å²) in [4.78, 5) is 12.2. The van der Waals surface area contributed by atoms with Crippen molar-refractivity contribution < 1.29 is 4.42 Å². The summed E-state index contributed by atoms with van der Waals surface area (Å²) in [7, 11) is 0. The Kier molecular flexibility index (Phi) is 3.39. The molecule has 1 aliphatic rings. The first kappa shape index (κ1) is 14.0. The summed E-state index contributed by atoms with van der Waals surface area (Å²) >= 11 is 6.24. The molecule has 1 aromatic heterocycles. The van der Waals surface area contributed by atoms with Crippen LogP contribution >= 0.6 is 11.6 Å². The molecule has 1 N–H and O–H groups in total. The number of fused-ring (bicyclic) bond motifs is 1. The number of nitrogens with one attached hydrogen (secondary N) is 1. The van der Waals surface area contributed by atoms with Crippen molar-refractivity contribution in [2.24, 2.45) is 5.10 Å². The third-order valence-electron chi connectivity index (χ3n) is 3.99. The Morgan fingerprint density at radius 2 is 1.91 bits per heavy atom. The Bertz CT molecular complexity index is 978. The van der Waals surface area contributed by atoms with Gasteiger partial charge >= 0.3 is 5.63 Å². The van der Waals surface area contributed by atoms with E-state index in [4.69, 9.17) is 16.0 Å². The molecule has 5 heteroatoms. The lowest BCUT2D eigenvalue weighted by Gasteiger charge is -2.11. The Morgan fingerprint density at radius 1 is 1.13 bits per heavy atom. The highest BCUT2D eigenvalue weighted by molar-refractivity contribution is 6.31. The van der Waals surface area contributed by atoms with E-state index in [2.05, 4.69) is 10.5 Å². The number of hydrogen-bond acceptors (Lipinski definition) is 4. The van der Waals surface area contributed by atoms with E-state index >= 15 is 0 Å². The van der Waals surface area contributed by atoms with Crippen molar-refractivity contribution in [1.29, 1.82) is 0 Å². The van der Waals surface area contributed by atoms with Crippen molar-refractivity contribution in [3.63, 3.8) is 0 Å². The molecule has 0 amide bonds. The monoisotopic (exact) mass is 324 g/mol. The third-order valence-corrected chi connectivity index (χ3v) is 4.33. The Morgan fingerprint density at radius 3 is 2.78 bits per heavy atom. The van der Waals surface area contributed by atoms with Gasteiger partial charge in [0.2, 0.25) is 0 Å². The fraction of sp³-hybridized carbons (Fsp3) is 0.111. The topological polar surface area (TPSA) is 54.6 Å². The first-order valence-corrected chi connectivity index (χ1v) is 7.70. The van der Waals surface area contributed by atoms with Crippen LogP contribution in [0.15, 0.2) is 68.9 Å². The van der Waals surface area contributed by atoms with Gasteiger partial charge in [-0.3, -0.25) is 0 Å². The van der Waals surface area contributed by atoms with E-state index in [-0.39, 0.29) is 11.7 Å². The maximum atomic E-state index is 12.2. The molecule has 0 spiro atoms. The molecule has 0 saturated heterocycles. The van der Waals surface area contributed by atoms with Gasteiger partial charge in [-0.05, 0) is 23.8 Å². The van der Waals surface area contributed by atoms with Gasteiger partial charge in [0.1, 0.15) is 5.58 Å². The first-order chi connectivity index (χ1) is 11.2. The minimum atomic E-state index is -0.371. The quantitative estimate of drug-likeness (QED) is 0.728. The number of para-hydroxylation sites is 1. The zero-order valence-corrected chi connectivity index (χ0v) is 12.9. The van der Waals surface area contributed by atoms with E-state index in [1.54, 1.807) is 6.07 Å². The number of halogens is 1. The van der Waals surface area contributed by atoms with Crippen LogP contribution in [0, 0.1) is 0 Å². The minimum absolute atomic E-state index is 0.0374. The predicted molar refractivity (Wildman–Crippen MR) is 91.0 cm³/mol. The Hall–Kier alpha value is -2.59. The second-order valence-corrected chi connectivity index (χ2v) is 5.86. The zero-order valence-electron chi connectivity index (χ0n) is 12.1. The van der Waals surface area contributed by atoms with Crippen molar-refractivity contribution in [3.8, 4) is 0 Å². The maximum Gasteiger partial charge on any atom is 0.345 e. The van der Waals surface area contributed by atoms with Crippen LogP contribution in [0.3, 0.4) is 0 Å². The van der Waals surface area contributed by atoms with Crippen LogP contribution in [0.25, 0.3) is 11.0 Å². The average Bonchev–Trinajstić information content (AvgIpc) is 3.04. The lowest BCUT2D eigenvalue weighted by Crippen LogP contribution is -2.14. The highest BCUT2D eigenvalue weighted by atomic mass is 35.5. The minimum Gasteiger partial charge on any atom is -0.422 e. The van der Waals surface area contributed by atoms with Crippen LogP contribution in [0.1, 0.15) is 23.6 Å². The summed E-state index contributed by atoms with van der Waals surface area (Å²) in [5.74, 6) is 0. The van der Waals surface area contributed by atoms with Crippen molar-refractivity contribution in [1.82, 2.24) is 5.43 Å². The summed E-state index contributed by atoms with van der Waals surface area (Å²) in [6.07, 6.45) is 0.590. The van der Waals surface area contributed by atoms with E-state index in [9.17, 15) is 4.79 Å². The predicted octanol–water partition coefficient (Wildman–Crippen LogP) is 3.89. The average molecular weight is 325 g/mol. The molecule has 4 nitrogen and oxygen atoms in total. The molecule has 0 fully saturated rings. The molecule has 2 aromatic carbocycles. The van der Waals surface area contributed by atoms with Gasteiger partial charge in [0.25, 0.3) is 0 Å². The van der Waals surface area contributed by atoms with Gasteiger partial charge in [-0.2, -0.15) is 5.10 Å². The fourth-order valence-corrected chi connectivity index (χ4v) is 3.08. The SMILES string of the molecule is O=c1oc2ccccc2cc1C1=NN[C@@H](c2ccccc2Cl)C1. The summed E-state index contributed by atoms with van der Waals surface area (Å²) in [6.45, 7) is 0. The van der Waals surface area contributed by atoms with E-state index in [1.165, 1.54) is 0 Å². The lowest BCUT2D eigenvalue weighted by atomic mass is 9.99. The van der Waals surface area contributed by atoms with E-state index in [0.29, 0.717) is 28.3 Å². The third kappa shape index (κ3) is 2.51. The lowest BCUT2D eigenvalue weighted by molar-refractivity contribution is 0.559. The molecule has 1 aliphatic heterocycles. The van der Waals surface area contributed by atoms with Crippen molar-refractivity contribution >= 4 is 28.3 Å². The van der Waals surface area contributed by atoms with Crippen LogP contribution in [0.2, 0.25) is 5.02 Å². The Balaban J connectivity index is 1.69. The highest BCUT2D eigenvalue weighted by Gasteiger charge is 2.25. The summed E-state index contributed by atoms with van der Waals surface area (Å²) in [6, 6.07) is 16.9. The fourth-order valence-electron chi connectivity index (χ4n) is 2.81. The molecule has 1 atom stereocenters. The second-order valence-electron chi connectivity index (χ2n) is 5.45. The van der Waals surface area contributed by atoms with Crippen LogP contribution < -0.4 is 11.1 Å². The molecule has 0 unspecified atom stereocenters. The molecule has 0 aliphatic carbocycles. The largest absolute Gasteiger partial charge is 0.422 e. The van der Waals surface area contributed by atoms with Gasteiger partial charge in [-0.1, -0.05) is 48.0 Å². The van der Waals surface area contributed by atoms with Gasteiger partial charge in [-0.15, -0.1) is 0 Å². The van der Waals surface area contributed by atoms with Gasteiger partial charge in [0, 0.05) is 16.8 Å². The smallest absolute Gasteiger partial charge is 0.345 e. The summed E-state index contributed by atoms with van der Waals surface area (Å²) < 4.78 is 5.38. The second kappa shape index (κ2) is 5.56. The molecule has 114 valence electrons. The summed E-state index contributed by atoms with van der Waals surface area (Å²) in [5.41, 5.74) is 5.42. The molecule has 4 rings (SSSR count). The van der Waals surface area contributed by atoms with Gasteiger partial charge in [0.05, 0.1) is 17.3 Å². The molecule has 0 bridgehead atoms. The van der Waals surface area contributed by atoms with Crippen LogP contribution in [0.5, 0.6) is 0 Å². The van der Waals surface area contributed by atoms with Crippen molar-refractivity contribution in [2.75, 3.05) is 0 Å². The van der Waals surface area contributed by atoms with E-state index in [0.717, 1.165) is 10.9 Å². The molecular formula is C18H13ClN2O2. The van der Waals surface area contributed by atoms with E-state index in [1.807, 2.05) is 48.5 Å². The van der Waals surface area contributed by atoms with Crippen molar-refractivity contribution in [3.05, 3.63) is 81.2 Å². The molecule has 2 heterocycles. The number of hydrazone groups is 1. The zero-order chi connectivity index (χ0) is 15.8. The number of rotatable bonds is 2. The molecule has 0 radical (unpaired) electrons. The number of benzene rings is 2. The van der Waals surface area contributed by atoms with Gasteiger partial charge in [-0.25, -0.2) is 4.79 Å².